The van der Waals surface area contributed by atoms with Gasteiger partial charge in [-0.15, -0.1) is 0 Å². The average Bonchev–Trinajstić information content (AvgIpc) is 3.09. The lowest BCUT2D eigenvalue weighted by atomic mass is 9.81. The maximum absolute atomic E-state index is 12.9. The molecular formula is C25H25N3O4. The van der Waals surface area contributed by atoms with Gasteiger partial charge in [0.25, 0.3) is 5.69 Å². The van der Waals surface area contributed by atoms with Crippen LogP contribution in [0.4, 0.5) is 17.1 Å². The molecule has 1 aliphatic carbocycles. The summed E-state index contributed by atoms with van der Waals surface area (Å²) < 4.78 is 0. The Balaban J connectivity index is 1.42. The summed E-state index contributed by atoms with van der Waals surface area (Å²) in [4.78, 5) is 40.5. The molecule has 3 aliphatic rings. The number of rotatable bonds is 4. The lowest BCUT2D eigenvalue weighted by Crippen LogP contribution is -2.31. The van der Waals surface area contributed by atoms with Gasteiger partial charge >= 0.3 is 0 Å². The monoisotopic (exact) mass is 431 g/mol. The second-order valence-corrected chi connectivity index (χ2v) is 8.73. The van der Waals surface area contributed by atoms with Gasteiger partial charge in [0.1, 0.15) is 5.69 Å². The summed E-state index contributed by atoms with van der Waals surface area (Å²) in [5.74, 6) is -0.984. The van der Waals surface area contributed by atoms with E-state index in [-0.39, 0.29) is 29.3 Å². The van der Waals surface area contributed by atoms with Crippen molar-refractivity contribution in [3.05, 3.63) is 70.3 Å². The fourth-order valence-corrected chi connectivity index (χ4v) is 5.28. The van der Waals surface area contributed by atoms with E-state index in [1.54, 1.807) is 12.1 Å². The number of nitrogens with zero attached hydrogens (tertiary/aromatic N) is 3. The molecule has 2 aliphatic heterocycles. The van der Waals surface area contributed by atoms with Crippen LogP contribution >= 0.6 is 0 Å². The molecule has 1 saturated heterocycles. The fourth-order valence-electron chi connectivity index (χ4n) is 5.28. The molecule has 2 fully saturated rings. The molecule has 2 aromatic carbocycles. The summed E-state index contributed by atoms with van der Waals surface area (Å²) in [7, 11) is 0. The van der Waals surface area contributed by atoms with Crippen LogP contribution in [0.3, 0.4) is 0 Å². The van der Waals surface area contributed by atoms with E-state index in [0.29, 0.717) is 24.5 Å². The van der Waals surface area contributed by atoms with Gasteiger partial charge < -0.3 is 4.90 Å². The number of benzene rings is 2. The highest BCUT2D eigenvalue weighted by Gasteiger charge is 2.49. The van der Waals surface area contributed by atoms with Crippen LogP contribution in [0.2, 0.25) is 0 Å². The first-order valence-electron chi connectivity index (χ1n) is 11.2. The molecule has 2 aromatic rings. The smallest absolute Gasteiger partial charge is 0.294 e. The highest BCUT2D eigenvalue weighted by Crippen LogP contribution is 2.42. The van der Waals surface area contributed by atoms with E-state index >= 15 is 0 Å². The Hall–Kier alpha value is -3.48. The van der Waals surface area contributed by atoms with Gasteiger partial charge in [0.15, 0.2) is 0 Å². The van der Waals surface area contributed by atoms with Crippen molar-refractivity contribution in [2.24, 2.45) is 11.8 Å². The van der Waals surface area contributed by atoms with Crippen molar-refractivity contribution in [2.45, 2.75) is 32.1 Å². The van der Waals surface area contributed by atoms with E-state index in [4.69, 9.17) is 0 Å². The van der Waals surface area contributed by atoms with E-state index in [1.165, 1.54) is 22.1 Å². The molecule has 2 amide bonds. The highest BCUT2D eigenvalue weighted by molar-refractivity contribution is 6.22. The fraction of sp³-hybridized carbons (Fsp3) is 0.360. The van der Waals surface area contributed by atoms with Gasteiger partial charge in [0.05, 0.1) is 22.4 Å². The van der Waals surface area contributed by atoms with Gasteiger partial charge in [-0.05, 0) is 42.5 Å². The Morgan fingerprint density at radius 3 is 2.22 bits per heavy atom. The molecule has 0 radical (unpaired) electrons. The van der Waals surface area contributed by atoms with E-state index in [9.17, 15) is 19.7 Å². The molecule has 5 rings (SSSR count). The number of fused-ring (bicyclic) bond motifs is 1. The molecule has 0 unspecified atom stereocenters. The first-order valence-corrected chi connectivity index (χ1v) is 11.2. The minimum Gasteiger partial charge on any atom is -0.362 e. The largest absolute Gasteiger partial charge is 0.362 e. The minimum atomic E-state index is -0.423. The van der Waals surface area contributed by atoms with Crippen molar-refractivity contribution in [1.82, 2.24) is 0 Å². The molecule has 0 spiro atoms. The van der Waals surface area contributed by atoms with E-state index in [2.05, 4.69) is 18.2 Å². The number of imide groups is 1. The second kappa shape index (κ2) is 8.22. The Morgan fingerprint density at radius 2 is 1.62 bits per heavy atom. The lowest BCUT2D eigenvalue weighted by molar-refractivity contribution is -0.384. The Kier molecular flexibility index (Phi) is 5.25. The molecule has 7 heteroatoms. The van der Waals surface area contributed by atoms with Crippen molar-refractivity contribution >= 4 is 34.4 Å². The van der Waals surface area contributed by atoms with Crippen molar-refractivity contribution in [2.75, 3.05) is 22.9 Å². The summed E-state index contributed by atoms with van der Waals surface area (Å²) in [5.41, 5.74) is 3.15. The number of hydrogen-bond donors (Lipinski definition) is 0. The molecule has 2 heterocycles. The van der Waals surface area contributed by atoms with E-state index in [1.807, 2.05) is 23.1 Å². The maximum atomic E-state index is 12.9. The van der Waals surface area contributed by atoms with Crippen molar-refractivity contribution in [3.63, 3.8) is 0 Å². The number of hydrogen-bond acceptors (Lipinski definition) is 5. The summed E-state index contributed by atoms with van der Waals surface area (Å²) in [6.07, 6.45) is 6.22. The molecule has 32 heavy (non-hydrogen) atoms. The van der Waals surface area contributed by atoms with Crippen molar-refractivity contribution in [1.29, 1.82) is 0 Å². The maximum Gasteiger partial charge on any atom is 0.294 e. The van der Waals surface area contributed by atoms with Crippen molar-refractivity contribution in [3.8, 4) is 0 Å². The zero-order chi connectivity index (χ0) is 22.2. The van der Waals surface area contributed by atoms with Crippen LogP contribution in [-0.4, -0.2) is 29.8 Å². The molecule has 0 bridgehead atoms. The van der Waals surface area contributed by atoms with Gasteiger partial charge in [-0.3, -0.25) is 19.7 Å². The van der Waals surface area contributed by atoms with Gasteiger partial charge in [-0.1, -0.05) is 49.2 Å². The second-order valence-electron chi connectivity index (χ2n) is 8.73. The van der Waals surface area contributed by atoms with Crippen LogP contribution in [0.5, 0.6) is 0 Å². The summed E-state index contributed by atoms with van der Waals surface area (Å²) in [6, 6.07) is 14.9. The minimum absolute atomic E-state index is 0.0745. The average molecular weight is 431 g/mol. The van der Waals surface area contributed by atoms with Gasteiger partial charge in [-0.2, -0.15) is 0 Å². The molecule has 164 valence electrons. The number of carbonyl (C=O) groups is 2. The first-order chi connectivity index (χ1) is 15.5. The Labute approximate surface area is 186 Å². The molecule has 0 N–H and O–H groups in total. The molecule has 2 atom stereocenters. The van der Waals surface area contributed by atoms with Crippen LogP contribution in [0.15, 0.2) is 54.6 Å². The quantitative estimate of drug-likeness (QED) is 0.402. The zero-order valence-electron chi connectivity index (χ0n) is 17.8. The van der Waals surface area contributed by atoms with Gasteiger partial charge in [0, 0.05) is 19.2 Å². The summed E-state index contributed by atoms with van der Waals surface area (Å²) >= 11 is 0. The van der Waals surface area contributed by atoms with Crippen LogP contribution in [0.25, 0.3) is 5.57 Å². The van der Waals surface area contributed by atoms with E-state index in [0.717, 1.165) is 32.1 Å². The number of amides is 2. The van der Waals surface area contributed by atoms with E-state index < -0.39 is 4.92 Å². The standard InChI is InChI=1S/C25H25N3O4/c29-24-20-8-4-5-9-21(20)25(30)27(24)19-10-11-22(23(16-19)28(31)32)26-14-12-18(13-15-26)17-6-2-1-3-7-17/h1-3,6-7,10-12,16,20-21H,4-5,8-9,13-15H2/t20-,21-/m1/s1. The van der Waals surface area contributed by atoms with Crippen molar-refractivity contribution < 1.29 is 14.5 Å². The lowest BCUT2D eigenvalue weighted by Gasteiger charge is -2.28. The molecule has 7 nitrogen and oxygen atoms in total. The first kappa shape index (κ1) is 20.4. The predicted molar refractivity (Wildman–Crippen MR) is 122 cm³/mol. The molecule has 1 saturated carbocycles. The molecule has 0 aromatic heterocycles. The summed E-state index contributed by atoms with van der Waals surface area (Å²) in [6.45, 7) is 1.22. The number of carbonyl (C=O) groups excluding carboxylic acids is 2. The number of nitro benzene ring substituents is 1. The van der Waals surface area contributed by atoms with Crippen LogP contribution in [0, 0.1) is 22.0 Å². The van der Waals surface area contributed by atoms with Crippen LogP contribution in [0.1, 0.15) is 37.7 Å². The number of anilines is 2. The third-order valence-electron chi connectivity index (χ3n) is 6.95. The topological polar surface area (TPSA) is 83.8 Å². The normalized spacial score (nSPS) is 23.2. The Morgan fingerprint density at radius 1 is 0.938 bits per heavy atom. The predicted octanol–water partition coefficient (Wildman–Crippen LogP) is 4.57. The SMILES string of the molecule is O=C1[C@@H]2CCCC[C@H]2C(=O)N1c1ccc(N2CC=C(c3ccccc3)CC2)c([N+](=O)[O-])c1. The van der Waals surface area contributed by atoms with Crippen LogP contribution in [-0.2, 0) is 9.59 Å². The number of nitro groups is 1. The highest BCUT2D eigenvalue weighted by atomic mass is 16.6. The van der Waals surface area contributed by atoms with Gasteiger partial charge in [-0.25, -0.2) is 4.90 Å². The zero-order valence-corrected chi connectivity index (χ0v) is 17.8. The third kappa shape index (κ3) is 3.47. The van der Waals surface area contributed by atoms with Crippen LogP contribution < -0.4 is 9.80 Å². The third-order valence-corrected chi connectivity index (χ3v) is 6.95. The molecular weight excluding hydrogens is 406 g/mol. The Bertz CT molecular complexity index is 1090. The van der Waals surface area contributed by atoms with Gasteiger partial charge in [0.2, 0.25) is 11.8 Å². The summed E-state index contributed by atoms with van der Waals surface area (Å²) in [5, 5.41) is 11.9.